The first-order valence-electron chi connectivity index (χ1n) is 16.5. The van der Waals surface area contributed by atoms with Gasteiger partial charge >= 0.3 is 11.9 Å². The Bertz CT molecular complexity index is 1620. The molecule has 0 bridgehead atoms. The number of hydrogen-bond donors (Lipinski definition) is 0. The van der Waals surface area contributed by atoms with Gasteiger partial charge in [0.2, 0.25) is 0 Å². The summed E-state index contributed by atoms with van der Waals surface area (Å²) < 4.78 is 17.1. The van der Waals surface area contributed by atoms with E-state index < -0.39 is 0 Å². The van der Waals surface area contributed by atoms with E-state index in [-0.39, 0.29) is 17.4 Å². The Labute approximate surface area is 265 Å². The molecular formula is C37H43N3O5. The van der Waals surface area contributed by atoms with Gasteiger partial charge in [-0.25, -0.2) is 9.78 Å². The monoisotopic (exact) mass is 609 g/mol. The summed E-state index contributed by atoms with van der Waals surface area (Å²) in [5, 5.41) is 0. The quantitative estimate of drug-likeness (QED) is 0.242. The lowest BCUT2D eigenvalue weighted by Gasteiger charge is -2.38. The molecular weight excluding hydrogens is 566 g/mol. The topological polar surface area (TPSA) is 81.2 Å². The van der Waals surface area contributed by atoms with Crippen molar-refractivity contribution in [2.24, 2.45) is 11.3 Å². The van der Waals surface area contributed by atoms with Crippen LogP contribution in [0, 0.1) is 25.2 Å². The minimum atomic E-state index is -0.344. The number of ether oxygens (including phenoxy) is 3. The molecule has 8 nitrogen and oxygen atoms in total. The molecule has 7 rings (SSSR count). The van der Waals surface area contributed by atoms with Crippen molar-refractivity contribution in [3.8, 4) is 17.0 Å². The molecule has 3 aromatic rings. The number of rotatable bonds is 7. The van der Waals surface area contributed by atoms with Gasteiger partial charge in [0.1, 0.15) is 11.6 Å². The molecule has 0 radical (unpaired) electrons. The Kier molecular flexibility index (Phi) is 8.12. The van der Waals surface area contributed by atoms with E-state index in [2.05, 4.69) is 22.8 Å². The largest absolute Gasteiger partial charge is 0.466 e. The van der Waals surface area contributed by atoms with Gasteiger partial charge in [-0.2, -0.15) is 0 Å². The molecule has 0 unspecified atom stereocenters. The fraction of sp³-hybridized carbons (Fsp3) is 0.486. The predicted molar refractivity (Wildman–Crippen MR) is 173 cm³/mol. The highest BCUT2D eigenvalue weighted by molar-refractivity contribution is 5.94. The van der Waals surface area contributed by atoms with Crippen molar-refractivity contribution >= 4 is 17.8 Å². The summed E-state index contributed by atoms with van der Waals surface area (Å²) in [5.74, 6) is 1.28. The van der Waals surface area contributed by atoms with Crippen molar-refractivity contribution in [3.05, 3.63) is 76.3 Å². The number of piperidine rings is 1. The lowest BCUT2D eigenvalue weighted by Crippen LogP contribution is -2.42. The summed E-state index contributed by atoms with van der Waals surface area (Å²) in [5.41, 5.74) is 6.51. The third-order valence-corrected chi connectivity index (χ3v) is 10.5. The molecule has 1 aromatic heterocycles. The average Bonchev–Trinajstić information content (AvgIpc) is 3.82. The highest BCUT2D eigenvalue weighted by Gasteiger charge is 2.63. The van der Waals surface area contributed by atoms with E-state index in [1.165, 1.54) is 11.1 Å². The van der Waals surface area contributed by atoms with Gasteiger partial charge in [-0.15, -0.1) is 0 Å². The molecule has 1 aliphatic carbocycles. The number of pyridine rings is 1. The van der Waals surface area contributed by atoms with E-state index in [9.17, 15) is 9.59 Å². The molecule has 8 heteroatoms. The summed E-state index contributed by atoms with van der Waals surface area (Å²) in [6.07, 6.45) is 4.78. The van der Waals surface area contributed by atoms with Crippen LogP contribution in [0.25, 0.3) is 11.3 Å². The maximum atomic E-state index is 13.7. The number of esters is 2. The second-order valence-corrected chi connectivity index (χ2v) is 13.2. The summed E-state index contributed by atoms with van der Waals surface area (Å²) >= 11 is 0. The SMILES string of the molecule is CCOC(=O)[C@@]12CCN(c3cccc(-c4cc(C)ccc4OC(=O)c4ccc5c(c4C)CCN(C4CCOCC4)C5)n3)C[C@@H]1C2. The molecule has 1 saturated carbocycles. The maximum Gasteiger partial charge on any atom is 0.343 e. The molecule has 4 heterocycles. The zero-order valence-electron chi connectivity index (χ0n) is 26.6. The summed E-state index contributed by atoms with van der Waals surface area (Å²) in [7, 11) is 0. The number of fused-ring (bicyclic) bond motifs is 2. The van der Waals surface area contributed by atoms with Crippen molar-refractivity contribution in [2.75, 3.05) is 44.4 Å². The van der Waals surface area contributed by atoms with Crippen LogP contribution in [0.3, 0.4) is 0 Å². The second-order valence-electron chi connectivity index (χ2n) is 13.2. The molecule has 2 aromatic carbocycles. The number of aryl methyl sites for hydroxylation is 1. The van der Waals surface area contributed by atoms with Gasteiger partial charge in [-0.05, 0) is 106 Å². The van der Waals surface area contributed by atoms with Crippen LogP contribution in [0.5, 0.6) is 5.75 Å². The standard InChI is InChI=1S/C37H43N3O5/c1-4-44-36(42)37-15-17-40(23-27(37)21-37)34-7-5-6-32(38-34)31-20-24(2)8-11-33(31)45-35(41)30-10-9-26-22-39(16-12-29(26)25(30)3)28-13-18-43-19-14-28/h5-11,20,27-28H,4,12-19,21-23H2,1-3H3/t27-,37+/m0/s1. The Morgan fingerprint density at radius 2 is 1.91 bits per heavy atom. The van der Waals surface area contributed by atoms with Crippen molar-refractivity contribution in [1.29, 1.82) is 0 Å². The average molecular weight is 610 g/mol. The van der Waals surface area contributed by atoms with Gasteiger partial charge < -0.3 is 19.1 Å². The predicted octanol–water partition coefficient (Wildman–Crippen LogP) is 5.90. The minimum absolute atomic E-state index is 0.0475. The van der Waals surface area contributed by atoms with E-state index in [0.29, 0.717) is 29.9 Å². The Hall–Kier alpha value is -3.75. The fourth-order valence-electron chi connectivity index (χ4n) is 7.74. The van der Waals surface area contributed by atoms with Crippen LogP contribution in [-0.4, -0.2) is 67.3 Å². The molecule has 2 saturated heterocycles. The summed E-state index contributed by atoms with van der Waals surface area (Å²) in [6.45, 7) is 11.5. The van der Waals surface area contributed by atoms with Gasteiger partial charge in [-0.3, -0.25) is 9.69 Å². The van der Waals surface area contributed by atoms with Crippen LogP contribution in [0.4, 0.5) is 5.82 Å². The third kappa shape index (κ3) is 5.74. The van der Waals surface area contributed by atoms with E-state index in [0.717, 1.165) is 99.7 Å². The molecule has 3 aliphatic heterocycles. The minimum Gasteiger partial charge on any atom is -0.466 e. The van der Waals surface area contributed by atoms with Crippen LogP contribution in [0.15, 0.2) is 48.5 Å². The number of benzene rings is 2. The highest BCUT2D eigenvalue weighted by Crippen LogP contribution is 2.59. The molecule has 0 spiro atoms. The maximum absolute atomic E-state index is 13.7. The van der Waals surface area contributed by atoms with Crippen LogP contribution in [0.2, 0.25) is 0 Å². The first-order chi connectivity index (χ1) is 21.9. The highest BCUT2D eigenvalue weighted by atomic mass is 16.5. The van der Waals surface area contributed by atoms with E-state index in [1.807, 2.05) is 56.3 Å². The normalized spacial score (nSPS) is 23.2. The van der Waals surface area contributed by atoms with E-state index in [1.54, 1.807) is 0 Å². The Morgan fingerprint density at radius 3 is 2.71 bits per heavy atom. The number of aromatic nitrogens is 1. The molecule has 45 heavy (non-hydrogen) atoms. The fourth-order valence-corrected chi connectivity index (χ4v) is 7.74. The van der Waals surface area contributed by atoms with Crippen molar-refractivity contribution < 1.29 is 23.8 Å². The number of anilines is 1. The molecule has 3 fully saturated rings. The molecule has 0 N–H and O–H groups in total. The number of carbonyl (C=O) groups excluding carboxylic acids is 2. The first-order valence-corrected chi connectivity index (χ1v) is 16.5. The lowest BCUT2D eigenvalue weighted by molar-refractivity contribution is -0.150. The lowest BCUT2D eigenvalue weighted by atomic mass is 9.90. The van der Waals surface area contributed by atoms with E-state index >= 15 is 0 Å². The van der Waals surface area contributed by atoms with Gasteiger partial charge in [0.15, 0.2) is 0 Å². The molecule has 4 aliphatic rings. The zero-order valence-corrected chi connectivity index (χ0v) is 26.6. The van der Waals surface area contributed by atoms with Crippen LogP contribution < -0.4 is 9.64 Å². The van der Waals surface area contributed by atoms with E-state index in [4.69, 9.17) is 19.2 Å². The Morgan fingerprint density at radius 1 is 1.07 bits per heavy atom. The van der Waals surface area contributed by atoms with Gasteiger partial charge in [0.05, 0.1) is 23.3 Å². The zero-order chi connectivity index (χ0) is 31.1. The van der Waals surface area contributed by atoms with Crippen molar-refractivity contribution in [1.82, 2.24) is 9.88 Å². The van der Waals surface area contributed by atoms with Gasteiger partial charge in [0, 0.05) is 51.0 Å². The summed E-state index contributed by atoms with van der Waals surface area (Å²) in [4.78, 5) is 36.1. The summed E-state index contributed by atoms with van der Waals surface area (Å²) in [6, 6.07) is 16.5. The van der Waals surface area contributed by atoms with Crippen LogP contribution in [0.1, 0.15) is 65.2 Å². The smallest absolute Gasteiger partial charge is 0.343 e. The molecule has 2 atom stereocenters. The van der Waals surface area contributed by atoms with Crippen molar-refractivity contribution in [3.63, 3.8) is 0 Å². The van der Waals surface area contributed by atoms with Gasteiger partial charge in [-0.1, -0.05) is 23.8 Å². The van der Waals surface area contributed by atoms with Crippen molar-refractivity contribution in [2.45, 2.75) is 65.5 Å². The first kappa shape index (κ1) is 29.9. The molecule has 236 valence electrons. The molecule has 0 amide bonds. The van der Waals surface area contributed by atoms with Crippen LogP contribution in [-0.2, 0) is 27.2 Å². The number of hydrogen-bond acceptors (Lipinski definition) is 8. The van der Waals surface area contributed by atoms with Crippen LogP contribution >= 0.6 is 0 Å². The second kappa shape index (κ2) is 12.2. The van der Waals surface area contributed by atoms with Gasteiger partial charge in [0.25, 0.3) is 0 Å². The number of carbonyl (C=O) groups is 2. The number of nitrogens with zero attached hydrogens (tertiary/aromatic N) is 3. The third-order valence-electron chi connectivity index (χ3n) is 10.5. The Balaban J connectivity index is 1.08.